The van der Waals surface area contributed by atoms with Crippen LogP contribution in [0.25, 0.3) is 0 Å². The third-order valence-electron chi connectivity index (χ3n) is 6.84. The molecule has 164 valence electrons. The monoisotopic (exact) mass is 412 g/mol. The van der Waals surface area contributed by atoms with Crippen molar-refractivity contribution in [3.05, 3.63) is 29.3 Å². The Balaban J connectivity index is 1.36. The maximum atomic E-state index is 13.0. The van der Waals surface area contributed by atoms with Crippen molar-refractivity contribution in [2.24, 2.45) is 5.92 Å². The van der Waals surface area contributed by atoms with Crippen LogP contribution in [-0.4, -0.2) is 71.9 Å². The van der Waals surface area contributed by atoms with Crippen molar-refractivity contribution < 1.29 is 9.59 Å². The zero-order chi connectivity index (χ0) is 21.1. The summed E-state index contributed by atoms with van der Waals surface area (Å²) >= 11 is 0. The van der Waals surface area contributed by atoms with E-state index in [1.807, 2.05) is 30.9 Å². The first-order chi connectivity index (χ1) is 14.5. The first-order valence-corrected chi connectivity index (χ1v) is 11.7. The minimum Gasteiger partial charge on any atom is -0.336 e. The number of urea groups is 1. The largest absolute Gasteiger partial charge is 0.336 e. The first-order valence-electron chi connectivity index (χ1n) is 11.7. The van der Waals surface area contributed by atoms with Gasteiger partial charge in [-0.25, -0.2) is 4.79 Å². The van der Waals surface area contributed by atoms with Crippen LogP contribution < -0.4 is 5.32 Å². The summed E-state index contributed by atoms with van der Waals surface area (Å²) in [6.45, 7) is 9.45. The highest BCUT2D eigenvalue weighted by molar-refractivity contribution is 5.90. The lowest BCUT2D eigenvalue weighted by Crippen LogP contribution is -2.47. The second-order valence-electron chi connectivity index (χ2n) is 9.35. The Morgan fingerprint density at radius 1 is 1.07 bits per heavy atom. The third-order valence-corrected chi connectivity index (χ3v) is 6.84. The number of nitrogens with zero attached hydrogens (tertiary/aromatic N) is 3. The molecule has 3 aliphatic rings. The number of nitrogens with one attached hydrogen (secondary N) is 1. The van der Waals surface area contributed by atoms with Crippen LogP contribution in [-0.2, 0) is 4.79 Å². The van der Waals surface area contributed by atoms with Crippen LogP contribution >= 0.6 is 0 Å². The topological polar surface area (TPSA) is 55.9 Å². The van der Waals surface area contributed by atoms with Gasteiger partial charge in [-0.2, -0.15) is 0 Å². The van der Waals surface area contributed by atoms with Crippen LogP contribution in [0.4, 0.5) is 10.5 Å². The average Bonchev–Trinajstić information content (AvgIpc) is 3.49. The molecule has 2 heterocycles. The molecular formula is C24H36N4O2. The highest BCUT2D eigenvalue weighted by Crippen LogP contribution is 2.33. The highest BCUT2D eigenvalue weighted by atomic mass is 16.2. The quantitative estimate of drug-likeness (QED) is 0.776. The number of hydrogen-bond acceptors (Lipinski definition) is 3. The lowest BCUT2D eigenvalue weighted by atomic mass is 10.1. The van der Waals surface area contributed by atoms with Gasteiger partial charge in [0.25, 0.3) is 0 Å². The summed E-state index contributed by atoms with van der Waals surface area (Å²) in [6.07, 6.45) is 6.80. The Morgan fingerprint density at radius 2 is 1.83 bits per heavy atom. The van der Waals surface area contributed by atoms with Gasteiger partial charge in [0, 0.05) is 37.8 Å². The number of anilines is 1. The molecule has 1 aromatic rings. The minimum atomic E-state index is -0.0546. The standard InChI is InChI=1S/C24H36N4O2/c1-18-6-7-19(2)22(16-18)25-24(30)27-13-10-21(17-27)28(23(29)20-8-9-20)15-14-26-11-4-3-5-12-26/h6-7,16,20-21H,3-5,8-15,17H2,1-2H3,(H,25,30). The summed E-state index contributed by atoms with van der Waals surface area (Å²) in [4.78, 5) is 32.4. The lowest BCUT2D eigenvalue weighted by molar-refractivity contribution is -0.135. The number of carbonyl (C=O) groups is 2. The summed E-state index contributed by atoms with van der Waals surface area (Å²) in [5.74, 6) is 0.540. The second-order valence-corrected chi connectivity index (χ2v) is 9.35. The number of likely N-dealkylation sites (tertiary alicyclic amines) is 2. The predicted octanol–water partition coefficient (Wildman–Crippen LogP) is 3.63. The number of amides is 3. The molecule has 1 N–H and O–H groups in total. The molecule has 0 radical (unpaired) electrons. The van der Waals surface area contributed by atoms with E-state index >= 15 is 0 Å². The second kappa shape index (κ2) is 9.38. The molecule has 1 aliphatic carbocycles. The van der Waals surface area contributed by atoms with Crippen molar-refractivity contribution in [2.45, 2.75) is 58.4 Å². The van der Waals surface area contributed by atoms with E-state index < -0.39 is 0 Å². The van der Waals surface area contributed by atoms with Crippen LogP contribution in [0.3, 0.4) is 0 Å². The van der Waals surface area contributed by atoms with E-state index in [4.69, 9.17) is 0 Å². The van der Waals surface area contributed by atoms with Crippen LogP contribution in [0.1, 0.15) is 49.7 Å². The zero-order valence-corrected chi connectivity index (χ0v) is 18.5. The zero-order valence-electron chi connectivity index (χ0n) is 18.5. The van der Waals surface area contributed by atoms with E-state index in [-0.39, 0.29) is 18.0 Å². The van der Waals surface area contributed by atoms with E-state index in [2.05, 4.69) is 21.2 Å². The van der Waals surface area contributed by atoms with Crippen molar-refractivity contribution in [1.82, 2.24) is 14.7 Å². The Morgan fingerprint density at radius 3 is 2.57 bits per heavy atom. The van der Waals surface area contributed by atoms with Crippen molar-refractivity contribution in [3.8, 4) is 0 Å². The summed E-state index contributed by atoms with van der Waals surface area (Å²) in [5.41, 5.74) is 3.07. The first kappa shape index (κ1) is 21.2. The summed E-state index contributed by atoms with van der Waals surface area (Å²) < 4.78 is 0. The maximum absolute atomic E-state index is 13.0. The summed E-state index contributed by atoms with van der Waals surface area (Å²) in [6, 6.07) is 6.20. The number of carbonyl (C=O) groups excluding carboxylic acids is 2. The number of rotatable bonds is 6. The molecule has 1 aromatic carbocycles. The van der Waals surface area contributed by atoms with Gasteiger partial charge >= 0.3 is 6.03 Å². The molecule has 6 nitrogen and oxygen atoms in total. The number of aryl methyl sites for hydroxylation is 2. The fraction of sp³-hybridized carbons (Fsp3) is 0.667. The fourth-order valence-electron chi connectivity index (χ4n) is 4.72. The average molecular weight is 413 g/mol. The van der Waals surface area contributed by atoms with Gasteiger partial charge in [-0.05, 0) is 76.2 Å². The lowest BCUT2D eigenvalue weighted by Gasteiger charge is -2.33. The number of benzene rings is 1. The molecule has 4 rings (SSSR count). The van der Waals surface area contributed by atoms with E-state index in [0.717, 1.165) is 62.3 Å². The van der Waals surface area contributed by atoms with Crippen LogP contribution in [0.5, 0.6) is 0 Å². The highest BCUT2D eigenvalue weighted by Gasteiger charge is 2.39. The maximum Gasteiger partial charge on any atom is 0.321 e. The van der Waals surface area contributed by atoms with Gasteiger partial charge in [-0.3, -0.25) is 4.79 Å². The van der Waals surface area contributed by atoms with E-state index in [9.17, 15) is 9.59 Å². The Kier molecular flexibility index (Phi) is 6.61. The van der Waals surface area contributed by atoms with E-state index in [1.54, 1.807) is 0 Å². The summed E-state index contributed by atoms with van der Waals surface area (Å²) in [7, 11) is 0. The van der Waals surface area contributed by atoms with Crippen molar-refractivity contribution in [3.63, 3.8) is 0 Å². The minimum absolute atomic E-state index is 0.0546. The summed E-state index contributed by atoms with van der Waals surface area (Å²) in [5, 5.41) is 3.08. The van der Waals surface area contributed by atoms with Crippen molar-refractivity contribution in [1.29, 1.82) is 0 Å². The van der Waals surface area contributed by atoms with E-state index in [0.29, 0.717) is 19.0 Å². The van der Waals surface area contributed by atoms with Gasteiger partial charge in [0.2, 0.25) is 5.91 Å². The molecule has 0 spiro atoms. The normalized spacial score (nSPS) is 22.2. The van der Waals surface area contributed by atoms with Crippen LogP contribution in [0, 0.1) is 19.8 Å². The molecule has 3 fully saturated rings. The molecule has 1 saturated carbocycles. The fourth-order valence-corrected chi connectivity index (χ4v) is 4.72. The molecule has 6 heteroatoms. The van der Waals surface area contributed by atoms with Gasteiger partial charge in [-0.1, -0.05) is 18.6 Å². The molecule has 2 aliphatic heterocycles. The molecule has 1 atom stereocenters. The Labute approximate surface area is 180 Å². The van der Waals surface area contributed by atoms with Crippen molar-refractivity contribution >= 4 is 17.6 Å². The van der Waals surface area contributed by atoms with Crippen molar-refractivity contribution in [2.75, 3.05) is 44.6 Å². The van der Waals surface area contributed by atoms with Crippen LogP contribution in [0.2, 0.25) is 0 Å². The van der Waals surface area contributed by atoms with Crippen LogP contribution in [0.15, 0.2) is 18.2 Å². The molecular weight excluding hydrogens is 376 g/mol. The third kappa shape index (κ3) is 5.15. The van der Waals surface area contributed by atoms with Gasteiger partial charge in [-0.15, -0.1) is 0 Å². The molecule has 1 unspecified atom stereocenters. The van der Waals surface area contributed by atoms with Gasteiger partial charge in [0.1, 0.15) is 0 Å². The molecule has 0 aromatic heterocycles. The molecule has 30 heavy (non-hydrogen) atoms. The SMILES string of the molecule is Cc1ccc(C)c(NC(=O)N2CCC(N(CCN3CCCCC3)C(=O)C3CC3)C2)c1. The van der Waals surface area contributed by atoms with Gasteiger partial charge in [0.15, 0.2) is 0 Å². The Hall–Kier alpha value is -2.08. The van der Waals surface area contributed by atoms with Gasteiger partial charge < -0.3 is 20.0 Å². The molecule has 2 saturated heterocycles. The smallest absolute Gasteiger partial charge is 0.321 e. The van der Waals surface area contributed by atoms with E-state index in [1.165, 1.54) is 19.3 Å². The predicted molar refractivity (Wildman–Crippen MR) is 120 cm³/mol. The molecule has 3 amide bonds. The number of hydrogen-bond donors (Lipinski definition) is 1. The Bertz CT molecular complexity index is 770. The van der Waals surface area contributed by atoms with Gasteiger partial charge in [0.05, 0.1) is 6.04 Å². The number of piperidine rings is 1. The molecule has 0 bridgehead atoms.